The van der Waals surface area contributed by atoms with Crippen molar-refractivity contribution in [3.63, 3.8) is 0 Å². The number of nitrogens with zero attached hydrogens (tertiary/aromatic N) is 1. The molecule has 1 aromatic heterocycles. The molecule has 0 aliphatic heterocycles. The standard InChI is InChI=1S/C19H21BrN2O3S/c1-3-12-22(19(24)11-9-14-8-10-17(20)26-14)13-18(23)21-15-6-4-5-7-16(15)25-2/h4-11H,3,12-13H2,1-2H3,(H,21,23)/b11-9+. The van der Waals surface area contributed by atoms with Gasteiger partial charge in [0.1, 0.15) is 12.3 Å². The fourth-order valence-electron chi connectivity index (χ4n) is 2.32. The van der Waals surface area contributed by atoms with Crippen LogP contribution in [0.5, 0.6) is 5.75 Å². The number of hydrogen-bond donors (Lipinski definition) is 1. The Morgan fingerprint density at radius 2 is 2.04 bits per heavy atom. The van der Waals surface area contributed by atoms with E-state index in [1.54, 1.807) is 36.7 Å². The van der Waals surface area contributed by atoms with E-state index in [-0.39, 0.29) is 18.4 Å². The summed E-state index contributed by atoms with van der Waals surface area (Å²) in [6, 6.07) is 11.0. The highest BCUT2D eigenvalue weighted by Gasteiger charge is 2.15. The lowest BCUT2D eigenvalue weighted by Crippen LogP contribution is -2.37. The zero-order valence-electron chi connectivity index (χ0n) is 14.7. The molecule has 2 aromatic rings. The molecule has 0 aliphatic rings. The number of carbonyl (C=O) groups excluding carboxylic acids is 2. The second-order valence-electron chi connectivity index (χ2n) is 5.48. The third-order valence-corrected chi connectivity index (χ3v) is 5.09. The summed E-state index contributed by atoms with van der Waals surface area (Å²) in [6.07, 6.45) is 4.04. The fourth-order valence-corrected chi connectivity index (χ4v) is 3.65. The lowest BCUT2D eigenvalue weighted by atomic mass is 10.3. The van der Waals surface area contributed by atoms with E-state index in [0.717, 1.165) is 15.1 Å². The third-order valence-electron chi connectivity index (χ3n) is 3.50. The third kappa shape index (κ3) is 6.00. The first-order valence-corrected chi connectivity index (χ1v) is 9.79. The molecule has 0 fully saturated rings. The van der Waals surface area contributed by atoms with Crippen LogP contribution in [0.4, 0.5) is 5.69 Å². The number of nitrogens with one attached hydrogen (secondary N) is 1. The molecule has 1 heterocycles. The van der Waals surface area contributed by atoms with Crippen LogP contribution in [0, 0.1) is 0 Å². The van der Waals surface area contributed by atoms with Crippen LogP contribution in [-0.2, 0) is 9.59 Å². The maximum atomic E-state index is 12.5. The zero-order chi connectivity index (χ0) is 18.9. The molecule has 0 radical (unpaired) electrons. The van der Waals surface area contributed by atoms with Crippen molar-refractivity contribution in [1.82, 2.24) is 4.90 Å². The molecule has 0 atom stereocenters. The van der Waals surface area contributed by atoms with Gasteiger partial charge in [0, 0.05) is 17.5 Å². The summed E-state index contributed by atoms with van der Waals surface area (Å²) >= 11 is 4.94. The number of methoxy groups -OCH3 is 1. The molecule has 26 heavy (non-hydrogen) atoms. The van der Waals surface area contributed by atoms with Gasteiger partial charge in [-0.3, -0.25) is 9.59 Å². The molecule has 1 aromatic carbocycles. The average molecular weight is 437 g/mol. The lowest BCUT2D eigenvalue weighted by molar-refractivity contribution is -0.130. The average Bonchev–Trinajstić information content (AvgIpc) is 3.05. The van der Waals surface area contributed by atoms with Gasteiger partial charge in [-0.2, -0.15) is 0 Å². The molecular weight excluding hydrogens is 416 g/mol. The van der Waals surface area contributed by atoms with Crippen molar-refractivity contribution in [1.29, 1.82) is 0 Å². The number of thiophene rings is 1. The quantitative estimate of drug-likeness (QED) is 0.623. The summed E-state index contributed by atoms with van der Waals surface area (Å²) in [4.78, 5) is 27.3. The number of anilines is 1. The van der Waals surface area contributed by atoms with Crippen LogP contribution in [0.25, 0.3) is 6.08 Å². The minimum atomic E-state index is -0.261. The topological polar surface area (TPSA) is 58.6 Å². The first-order valence-electron chi connectivity index (χ1n) is 8.18. The Hall–Kier alpha value is -2.12. The number of hydrogen-bond acceptors (Lipinski definition) is 4. The lowest BCUT2D eigenvalue weighted by Gasteiger charge is -2.20. The van der Waals surface area contributed by atoms with Gasteiger partial charge in [0.2, 0.25) is 11.8 Å². The van der Waals surface area contributed by atoms with Crippen molar-refractivity contribution in [2.75, 3.05) is 25.5 Å². The number of amides is 2. The molecule has 2 amide bonds. The van der Waals surface area contributed by atoms with E-state index in [2.05, 4.69) is 21.2 Å². The minimum Gasteiger partial charge on any atom is -0.495 e. The first kappa shape index (κ1) is 20.2. The summed E-state index contributed by atoms with van der Waals surface area (Å²) in [5.41, 5.74) is 0.586. The number of halogens is 1. The highest BCUT2D eigenvalue weighted by molar-refractivity contribution is 9.11. The van der Waals surface area contributed by atoms with Gasteiger partial charge in [0.25, 0.3) is 0 Å². The van der Waals surface area contributed by atoms with Crippen LogP contribution >= 0.6 is 27.3 Å². The molecule has 0 spiro atoms. The maximum absolute atomic E-state index is 12.5. The molecule has 0 aliphatic carbocycles. The molecule has 2 rings (SSSR count). The Bertz CT molecular complexity index is 789. The van der Waals surface area contributed by atoms with E-state index < -0.39 is 0 Å². The van der Waals surface area contributed by atoms with Crippen molar-refractivity contribution in [2.24, 2.45) is 0 Å². The van der Waals surface area contributed by atoms with Crippen LogP contribution in [0.15, 0.2) is 46.3 Å². The molecule has 0 saturated carbocycles. The van der Waals surface area contributed by atoms with Crippen LogP contribution in [0.2, 0.25) is 0 Å². The molecule has 0 saturated heterocycles. The van der Waals surface area contributed by atoms with Gasteiger partial charge in [0.05, 0.1) is 16.6 Å². The van der Waals surface area contributed by atoms with Crippen molar-refractivity contribution in [3.05, 3.63) is 51.1 Å². The second-order valence-corrected chi connectivity index (χ2v) is 7.98. The SMILES string of the molecule is CCCN(CC(=O)Nc1ccccc1OC)C(=O)/C=C/c1ccc(Br)s1. The first-order chi connectivity index (χ1) is 12.5. The van der Waals surface area contributed by atoms with Gasteiger partial charge in [-0.1, -0.05) is 19.1 Å². The predicted octanol–water partition coefficient (Wildman–Crippen LogP) is 4.41. The van der Waals surface area contributed by atoms with Crippen LogP contribution < -0.4 is 10.1 Å². The second kappa shape index (κ2) is 10.1. The van der Waals surface area contributed by atoms with Gasteiger partial charge in [-0.15, -0.1) is 11.3 Å². The summed E-state index contributed by atoms with van der Waals surface area (Å²) in [5, 5.41) is 2.80. The molecule has 5 nitrogen and oxygen atoms in total. The van der Waals surface area contributed by atoms with Crippen molar-refractivity contribution in [2.45, 2.75) is 13.3 Å². The van der Waals surface area contributed by atoms with E-state index in [9.17, 15) is 9.59 Å². The van der Waals surface area contributed by atoms with E-state index in [1.807, 2.05) is 31.2 Å². The van der Waals surface area contributed by atoms with Gasteiger partial charge >= 0.3 is 0 Å². The fraction of sp³-hybridized carbons (Fsp3) is 0.263. The Kier molecular flexibility index (Phi) is 7.87. The normalized spacial score (nSPS) is 10.7. The molecular formula is C19H21BrN2O3S. The van der Waals surface area contributed by atoms with E-state index in [1.165, 1.54) is 11.0 Å². The minimum absolute atomic E-state index is 0.0107. The summed E-state index contributed by atoms with van der Waals surface area (Å²) in [6.45, 7) is 2.47. The molecule has 7 heteroatoms. The largest absolute Gasteiger partial charge is 0.495 e. The Labute approximate surface area is 165 Å². The number of carbonyl (C=O) groups is 2. The number of rotatable bonds is 8. The number of para-hydroxylation sites is 2. The maximum Gasteiger partial charge on any atom is 0.247 e. The number of benzene rings is 1. The molecule has 1 N–H and O–H groups in total. The predicted molar refractivity (Wildman–Crippen MR) is 110 cm³/mol. The summed E-state index contributed by atoms with van der Waals surface area (Å²) in [7, 11) is 1.55. The van der Waals surface area contributed by atoms with Gasteiger partial charge < -0.3 is 15.0 Å². The van der Waals surface area contributed by atoms with Crippen molar-refractivity contribution >= 4 is 50.8 Å². The van der Waals surface area contributed by atoms with Crippen LogP contribution in [0.3, 0.4) is 0 Å². The number of ether oxygens (including phenoxy) is 1. The monoisotopic (exact) mass is 436 g/mol. The smallest absolute Gasteiger partial charge is 0.247 e. The van der Waals surface area contributed by atoms with Crippen molar-refractivity contribution < 1.29 is 14.3 Å². The summed E-state index contributed by atoms with van der Waals surface area (Å²) in [5.74, 6) is 0.132. The van der Waals surface area contributed by atoms with Crippen LogP contribution in [0.1, 0.15) is 18.2 Å². The highest BCUT2D eigenvalue weighted by atomic mass is 79.9. The Morgan fingerprint density at radius 3 is 2.69 bits per heavy atom. The molecule has 138 valence electrons. The van der Waals surface area contributed by atoms with Gasteiger partial charge in [0.15, 0.2) is 0 Å². The molecule has 0 bridgehead atoms. The van der Waals surface area contributed by atoms with E-state index >= 15 is 0 Å². The van der Waals surface area contributed by atoms with Crippen LogP contribution in [-0.4, -0.2) is 36.9 Å². The van der Waals surface area contributed by atoms with Crippen molar-refractivity contribution in [3.8, 4) is 5.75 Å². The molecule has 0 unspecified atom stereocenters. The van der Waals surface area contributed by atoms with E-state index in [4.69, 9.17) is 4.74 Å². The van der Waals surface area contributed by atoms with Gasteiger partial charge in [-0.25, -0.2) is 0 Å². The highest BCUT2D eigenvalue weighted by Crippen LogP contribution is 2.24. The Balaban J connectivity index is 2.00. The zero-order valence-corrected chi connectivity index (χ0v) is 17.1. The van der Waals surface area contributed by atoms with Gasteiger partial charge in [-0.05, 0) is 52.7 Å². The summed E-state index contributed by atoms with van der Waals surface area (Å²) < 4.78 is 6.23. The Morgan fingerprint density at radius 1 is 1.27 bits per heavy atom. The van der Waals surface area contributed by atoms with E-state index in [0.29, 0.717) is 18.0 Å².